The molecular formula is C21H25N3O3. The van der Waals surface area contributed by atoms with Crippen LogP contribution in [0.25, 0.3) is 0 Å². The first-order chi connectivity index (χ1) is 13.1. The summed E-state index contributed by atoms with van der Waals surface area (Å²) in [5.74, 6) is -0.0703. The summed E-state index contributed by atoms with van der Waals surface area (Å²) in [7, 11) is 0. The minimum atomic E-state index is -0.0835. The smallest absolute Gasteiger partial charge is 0.254 e. The van der Waals surface area contributed by atoms with Gasteiger partial charge >= 0.3 is 0 Å². The van der Waals surface area contributed by atoms with E-state index in [1.807, 2.05) is 49.4 Å². The number of nitrogens with one attached hydrogen (secondary N) is 2. The van der Waals surface area contributed by atoms with Gasteiger partial charge in [-0.2, -0.15) is 0 Å². The van der Waals surface area contributed by atoms with Crippen molar-refractivity contribution >= 4 is 17.5 Å². The number of carbonyl (C=O) groups excluding carboxylic acids is 2. The molecule has 0 spiro atoms. The topological polar surface area (TPSA) is 70.7 Å². The third-order valence-electron chi connectivity index (χ3n) is 4.56. The second-order valence-corrected chi connectivity index (χ2v) is 6.54. The Bertz CT molecular complexity index is 756. The molecule has 1 atom stereocenters. The molecule has 0 saturated carbocycles. The highest BCUT2D eigenvalue weighted by Gasteiger charge is 2.18. The number of hydrogen-bond donors (Lipinski definition) is 2. The average Bonchev–Trinajstić information content (AvgIpc) is 2.73. The second kappa shape index (κ2) is 9.19. The van der Waals surface area contributed by atoms with Gasteiger partial charge < -0.3 is 20.3 Å². The van der Waals surface area contributed by atoms with Crippen molar-refractivity contribution in [1.29, 1.82) is 0 Å². The van der Waals surface area contributed by atoms with E-state index in [0.29, 0.717) is 31.9 Å². The summed E-state index contributed by atoms with van der Waals surface area (Å²) in [5, 5.41) is 6.05. The van der Waals surface area contributed by atoms with Crippen LogP contribution in [-0.4, -0.2) is 49.6 Å². The lowest BCUT2D eigenvalue weighted by Gasteiger charge is -2.26. The van der Waals surface area contributed by atoms with E-state index in [-0.39, 0.29) is 24.4 Å². The predicted molar refractivity (Wildman–Crippen MR) is 105 cm³/mol. The van der Waals surface area contributed by atoms with Crippen molar-refractivity contribution in [3.05, 3.63) is 65.7 Å². The number of nitrogens with zero attached hydrogens (tertiary/aromatic N) is 1. The molecule has 142 valence electrons. The maximum absolute atomic E-state index is 12.4. The largest absolute Gasteiger partial charge is 0.378 e. The van der Waals surface area contributed by atoms with Crippen molar-refractivity contribution in [3.63, 3.8) is 0 Å². The molecular weight excluding hydrogens is 342 g/mol. The van der Waals surface area contributed by atoms with Crippen molar-refractivity contribution in [2.45, 2.75) is 13.0 Å². The van der Waals surface area contributed by atoms with Gasteiger partial charge in [0.2, 0.25) is 5.91 Å². The number of amides is 2. The normalized spacial score (nSPS) is 15.1. The Labute approximate surface area is 159 Å². The lowest BCUT2D eigenvalue weighted by molar-refractivity contribution is -0.120. The maximum atomic E-state index is 12.4. The van der Waals surface area contributed by atoms with Crippen molar-refractivity contribution in [3.8, 4) is 0 Å². The van der Waals surface area contributed by atoms with Gasteiger partial charge in [0.25, 0.3) is 5.91 Å². The summed E-state index contributed by atoms with van der Waals surface area (Å²) in [4.78, 5) is 26.4. The Morgan fingerprint density at radius 3 is 2.37 bits per heavy atom. The van der Waals surface area contributed by atoms with Gasteiger partial charge in [-0.1, -0.05) is 30.3 Å². The summed E-state index contributed by atoms with van der Waals surface area (Å²) in [6.45, 7) is 4.55. The van der Waals surface area contributed by atoms with Crippen molar-refractivity contribution < 1.29 is 14.3 Å². The molecule has 0 bridgehead atoms. The zero-order chi connectivity index (χ0) is 19.1. The van der Waals surface area contributed by atoms with Crippen LogP contribution < -0.4 is 10.6 Å². The fraction of sp³-hybridized carbons (Fsp3) is 0.333. The minimum Gasteiger partial charge on any atom is -0.378 e. The van der Waals surface area contributed by atoms with Crippen LogP contribution in [0.4, 0.5) is 5.69 Å². The quantitative estimate of drug-likeness (QED) is 0.823. The Hall–Kier alpha value is -2.86. The standard InChI is InChI=1S/C21H25N3O3/c1-16(17-5-3-2-4-6-17)23-20(25)15-22-19-9-7-18(8-10-19)21(26)24-11-13-27-14-12-24/h2-10,16,22H,11-15H2,1H3,(H,23,25). The molecule has 1 aliphatic rings. The third-order valence-corrected chi connectivity index (χ3v) is 4.56. The zero-order valence-corrected chi connectivity index (χ0v) is 15.5. The third kappa shape index (κ3) is 5.31. The summed E-state index contributed by atoms with van der Waals surface area (Å²) in [6, 6.07) is 17.0. The number of morpholine rings is 1. The van der Waals surface area contributed by atoms with Crippen molar-refractivity contribution in [1.82, 2.24) is 10.2 Å². The highest BCUT2D eigenvalue weighted by Crippen LogP contribution is 2.13. The van der Waals surface area contributed by atoms with Gasteiger partial charge in [0.1, 0.15) is 0 Å². The average molecular weight is 367 g/mol. The first kappa shape index (κ1) is 18.9. The summed E-state index contributed by atoms with van der Waals surface area (Å²) < 4.78 is 5.27. The number of benzene rings is 2. The number of rotatable bonds is 6. The summed E-state index contributed by atoms with van der Waals surface area (Å²) >= 11 is 0. The van der Waals surface area contributed by atoms with Crippen molar-refractivity contribution in [2.24, 2.45) is 0 Å². The van der Waals surface area contributed by atoms with Crippen LogP contribution in [-0.2, 0) is 9.53 Å². The molecule has 2 amide bonds. The highest BCUT2D eigenvalue weighted by molar-refractivity contribution is 5.94. The van der Waals surface area contributed by atoms with Crippen LogP contribution in [0.3, 0.4) is 0 Å². The molecule has 1 saturated heterocycles. The number of hydrogen-bond acceptors (Lipinski definition) is 4. The van der Waals surface area contributed by atoms with E-state index in [4.69, 9.17) is 4.74 Å². The molecule has 1 heterocycles. The van der Waals surface area contributed by atoms with Crippen LogP contribution in [0.1, 0.15) is 28.9 Å². The molecule has 1 aliphatic heterocycles. The van der Waals surface area contributed by atoms with Crippen LogP contribution in [0.5, 0.6) is 0 Å². The molecule has 6 heteroatoms. The number of ether oxygens (including phenoxy) is 1. The van der Waals surface area contributed by atoms with E-state index >= 15 is 0 Å². The monoisotopic (exact) mass is 367 g/mol. The fourth-order valence-corrected chi connectivity index (χ4v) is 2.98. The predicted octanol–water partition coefficient (Wildman–Crippen LogP) is 2.45. The van der Waals surface area contributed by atoms with E-state index in [1.165, 1.54) is 0 Å². The maximum Gasteiger partial charge on any atom is 0.254 e. The van der Waals surface area contributed by atoms with Crippen LogP contribution >= 0.6 is 0 Å². The number of anilines is 1. The van der Waals surface area contributed by atoms with E-state index in [1.54, 1.807) is 17.0 Å². The fourth-order valence-electron chi connectivity index (χ4n) is 2.98. The first-order valence-electron chi connectivity index (χ1n) is 9.19. The molecule has 0 aromatic heterocycles. The Morgan fingerprint density at radius 1 is 1.04 bits per heavy atom. The Morgan fingerprint density at radius 2 is 1.70 bits per heavy atom. The van der Waals surface area contributed by atoms with Gasteiger partial charge in [-0.25, -0.2) is 0 Å². The molecule has 27 heavy (non-hydrogen) atoms. The van der Waals surface area contributed by atoms with E-state index in [2.05, 4.69) is 10.6 Å². The van der Waals surface area contributed by atoms with Gasteiger partial charge in [0.05, 0.1) is 25.8 Å². The van der Waals surface area contributed by atoms with E-state index < -0.39 is 0 Å². The van der Waals surface area contributed by atoms with Crippen LogP contribution in [0, 0.1) is 0 Å². The molecule has 2 N–H and O–H groups in total. The zero-order valence-electron chi connectivity index (χ0n) is 15.5. The van der Waals surface area contributed by atoms with E-state index in [0.717, 1.165) is 11.3 Å². The molecule has 3 rings (SSSR count). The van der Waals surface area contributed by atoms with Gasteiger partial charge in [-0.15, -0.1) is 0 Å². The van der Waals surface area contributed by atoms with Gasteiger partial charge in [-0.3, -0.25) is 9.59 Å². The lowest BCUT2D eigenvalue weighted by atomic mass is 10.1. The van der Waals surface area contributed by atoms with Crippen molar-refractivity contribution in [2.75, 3.05) is 38.2 Å². The Balaban J connectivity index is 1.48. The molecule has 2 aromatic rings. The summed E-state index contributed by atoms with van der Waals surface area (Å²) in [5.41, 5.74) is 2.51. The van der Waals surface area contributed by atoms with Gasteiger partial charge in [0.15, 0.2) is 0 Å². The molecule has 0 radical (unpaired) electrons. The highest BCUT2D eigenvalue weighted by atomic mass is 16.5. The first-order valence-corrected chi connectivity index (χ1v) is 9.19. The lowest BCUT2D eigenvalue weighted by Crippen LogP contribution is -2.40. The van der Waals surface area contributed by atoms with Gasteiger partial charge in [0, 0.05) is 24.3 Å². The second-order valence-electron chi connectivity index (χ2n) is 6.54. The van der Waals surface area contributed by atoms with Gasteiger partial charge in [-0.05, 0) is 36.8 Å². The number of carbonyl (C=O) groups is 2. The van der Waals surface area contributed by atoms with Crippen LogP contribution in [0.2, 0.25) is 0 Å². The minimum absolute atomic E-state index is 0.0132. The summed E-state index contributed by atoms with van der Waals surface area (Å²) in [6.07, 6.45) is 0. The Kier molecular flexibility index (Phi) is 6.44. The molecule has 0 aliphatic carbocycles. The SMILES string of the molecule is CC(NC(=O)CNc1ccc(C(=O)N2CCOCC2)cc1)c1ccccc1. The molecule has 6 nitrogen and oxygen atoms in total. The molecule has 1 fully saturated rings. The van der Waals surface area contributed by atoms with Crippen LogP contribution in [0.15, 0.2) is 54.6 Å². The molecule has 1 unspecified atom stereocenters. The molecule has 2 aromatic carbocycles. The van der Waals surface area contributed by atoms with E-state index in [9.17, 15) is 9.59 Å².